The second-order valence-corrected chi connectivity index (χ2v) is 6.67. The zero-order valence-electron chi connectivity index (χ0n) is 15.0. The van der Waals surface area contributed by atoms with Crippen molar-refractivity contribution in [1.82, 2.24) is 15.6 Å². The van der Waals surface area contributed by atoms with Crippen LogP contribution in [-0.2, 0) is 11.2 Å². The lowest BCUT2D eigenvalue weighted by atomic mass is 10.3. The molecule has 26 heavy (non-hydrogen) atoms. The molecule has 1 heterocycles. The highest BCUT2D eigenvalue weighted by Gasteiger charge is 2.02. The number of thiazole rings is 1. The number of hydrogen-bond donors (Lipinski definition) is 3. The molecular weight excluding hydrogens is 352 g/mol. The minimum absolute atomic E-state index is 0.134. The Labute approximate surface area is 157 Å². The maximum Gasteiger partial charge on any atom is 0.314 e. The number of carbonyl (C=O) groups is 2. The standard InChI is InChI=1S/C18H24N4O3S/c1-13-12-26-17(21-13)7-4-8-19-18(24)20-9-10-25-16-6-3-5-15(11-16)22-14(2)23/h3,5-6,11-12H,4,7-10H2,1-2H3,(H,22,23)(H2,19,20,24). The Morgan fingerprint density at radius 3 is 2.77 bits per heavy atom. The van der Waals surface area contributed by atoms with Crippen molar-refractivity contribution < 1.29 is 14.3 Å². The molecule has 7 nitrogen and oxygen atoms in total. The van der Waals surface area contributed by atoms with Crippen molar-refractivity contribution in [2.75, 3.05) is 25.0 Å². The van der Waals surface area contributed by atoms with E-state index in [1.165, 1.54) is 6.92 Å². The maximum atomic E-state index is 11.7. The van der Waals surface area contributed by atoms with Gasteiger partial charge in [0.1, 0.15) is 12.4 Å². The van der Waals surface area contributed by atoms with Crippen LogP contribution >= 0.6 is 11.3 Å². The van der Waals surface area contributed by atoms with Crippen LogP contribution in [0, 0.1) is 6.92 Å². The fourth-order valence-electron chi connectivity index (χ4n) is 2.22. The van der Waals surface area contributed by atoms with E-state index in [-0.39, 0.29) is 11.9 Å². The molecule has 0 bridgehead atoms. The molecule has 1 aromatic heterocycles. The normalized spacial score (nSPS) is 10.2. The zero-order valence-corrected chi connectivity index (χ0v) is 15.8. The SMILES string of the molecule is CC(=O)Nc1cccc(OCCNC(=O)NCCCc2nc(C)cs2)c1. The molecule has 3 amide bonds. The summed E-state index contributed by atoms with van der Waals surface area (Å²) in [7, 11) is 0. The van der Waals surface area contributed by atoms with Crippen LogP contribution in [0.15, 0.2) is 29.6 Å². The van der Waals surface area contributed by atoms with Gasteiger partial charge in [-0.1, -0.05) is 6.07 Å². The highest BCUT2D eigenvalue weighted by Crippen LogP contribution is 2.17. The van der Waals surface area contributed by atoms with E-state index in [0.29, 0.717) is 31.1 Å². The molecule has 0 radical (unpaired) electrons. The van der Waals surface area contributed by atoms with Gasteiger partial charge in [-0.3, -0.25) is 4.79 Å². The molecule has 0 aliphatic carbocycles. The van der Waals surface area contributed by atoms with Gasteiger partial charge in [0, 0.05) is 42.7 Å². The lowest BCUT2D eigenvalue weighted by molar-refractivity contribution is -0.114. The first-order valence-electron chi connectivity index (χ1n) is 8.46. The van der Waals surface area contributed by atoms with Gasteiger partial charge < -0.3 is 20.7 Å². The summed E-state index contributed by atoms with van der Waals surface area (Å²) in [5.41, 5.74) is 1.72. The minimum Gasteiger partial charge on any atom is -0.492 e. The van der Waals surface area contributed by atoms with Crippen molar-refractivity contribution in [1.29, 1.82) is 0 Å². The molecule has 140 valence electrons. The Morgan fingerprint density at radius 1 is 1.23 bits per heavy atom. The van der Waals surface area contributed by atoms with Crippen molar-refractivity contribution in [2.24, 2.45) is 0 Å². The summed E-state index contributed by atoms with van der Waals surface area (Å²) in [4.78, 5) is 27.1. The average molecular weight is 376 g/mol. The monoisotopic (exact) mass is 376 g/mol. The second kappa shape index (κ2) is 10.4. The van der Waals surface area contributed by atoms with Crippen molar-refractivity contribution in [3.8, 4) is 5.75 Å². The molecule has 0 fully saturated rings. The van der Waals surface area contributed by atoms with E-state index in [0.717, 1.165) is 23.5 Å². The van der Waals surface area contributed by atoms with Crippen LogP contribution in [0.1, 0.15) is 24.0 Å². The smallest absolute Gasteiger partial charge is 0.314 e. The minimum atomic E-state index is -0.212. The van der Waals surface area contributed by atoms with E-state index in [9.17, 15) is 9.59 Å². The molecule has 0 spiro atoms. The largest absolute Gasteiger partial charge is 0.492 e. The summed E-state index contributed by atoms with van der Waals surface area (Å²) in [6.45, 7) is 4.76. The fourth-order valence-corrected chi connectivity index (χ4v) is 3.04. The van der Waals surface area contributed by atoms with Gasteiger partial charge >= 0.3 is 6.03 Å². The lowest BCUT2D eigenvalue weighted by Gasteiger charge is -2.10. The maximum absolute atomic E-state index is 11.7. The number of aryl methyl sites for hydroxylation is 2. The number of urea groups is 1. The first kappa shape index (κ1) is 19.7. The third kappa shape index (κ3) is 7.52. The van der Waals surface area contributed by atoms with Crippen LogP contribution in [0.3, 0.4) is 0 Å². The fraction of sp³-hybridized carbons (Fsp3) is 0.389. The van der Waals surface area contributed by atoms with Crippen LogP contribution in [0.25, 0.3) is 0 Å². The van der Waals surface area contributed by atoms with Crippen LogP contribution in [0.2, 0.25) is 0 Å². The topological polar surface area (TPSA) is 92.4 Å². The summed E-state index contributed by atoms with van der Waals surface area (Å²) >= 11 is 1.65. The Hall–Kier alpha value is -2.61. The van der Waals surface area contributed by atoms with E-state index in [2.05, 4.69) is 20.9 Å². The number of hydrogen-bond acceptors (Lipinski definition) is 5. The van der Waals surface area contributed by atoms with E-state index >= 15 is 0 Å². The van der Waals surface area contributed by atoms with Gasteiger partial charge in [0.05, 0.1) is 11.6 Å². The number of rotatable bonds is 9. The number of nitrogens with zero attached hydrogens (tertiary/aromatic N) is 1. The van der Waals surface area contributed by atoms with Gasteiger partial charge in [-0.05, 0) is 25.5 Å². The molecule has 0 unspecified atom stereocenters. The van der Waals surface area contributed by atoms with E-state index in [1.54, 1.807) is 35.6 Å². The second-order valence-electron chi connectivity index (χ2n) is 5.73. The number of aromatic nitrogens is 1. The summed E-state index contributed by atoms with van der Waals surface area (Å²) in [6, 6.07) is 6.90. The predicted molar refractivity (Wildman–Crippen MR) is 103 cm³/mol. The van der Waals surface area contributed by atoms with Crippen LogP contribution in [0.5, 0.6) is 5.75 Å². The molecule has 0 aliphatic rings. The molecule has 1 aromatic carbocycles. The van der Waals surface area contributed by atoms with Crippen LogP contribution < -0.4 is 20.7 Å². The van der Waals surface area contributed by atoms with E-state index in [4.69, 9.17) is 4.74 Å². The van der Waals surface area contributed by atoms with Gasteiger partial charge in [-0.15, -0.1) is 11.3 Å². The average Bonchev–Trinajstić information content (AvgIpc) is 3.01. The molecule has 0 saturated heterocycles. The predicted octanol–water partition coefficient (Wildman–Crippen LogP) is 2.72. The molecule has 0 aliphatic heterocycles. The summed E-state index contributed by atoms with van der Waals surface area (Å²) in [5.74, 6) is 0.502. The molecule has 3 N–H and O–H groups in total. The van der Waals surface area contributed by atoms with Crippen molar-refractivity contribution in [3.05, 3.63) is 40.3 Å². The van der Waals surface area contributed by atoms with Crippen LogP contribution in [-0.4, -0.2) is 36.6 Å². The molecule has 2 aromatic rings. The van der Waals surface area contributed by atoms with Crippen LogP contribution in [0.4, 0.5) is 10.5 Å². The number of nitrogens with one attached hydrogen (secondary N) is 3. The number of anilines is 1. The quantitative estimate of drug-likeness (QED) is 0.587. The Balaban J connectivity index is 1.56. The van der Waals surface area contributed by atoms with E-state index < -0.39 is 0 Å². The first-order valence-corrected chi connectivity index (χ1v) is 9.34. The Bertz CT molecular complexity index is 733. The van der Waals surface area contributed by atoms with Crippen molar-refractivity contribution in [3.63, 3.8) is 0 Å². The number of amides is 3. The Morgan fingerprint density at radius 2 is 2.04 bits per heavy atom. The molecule has 0 saturated carbocycles. The van der Waals surface area contributed by atoms with Gasteiger partial charge in [0.25, 0.3) is 0 Å². The van der Waals surface area contributed by atoms with Gasteiger partial charge in [-0.2, -0.15) is 0 Å². The van der Waals surface area contributed by atoms with Gasteiger partial charge in [0.2, 0.25) is 5.91 Å². The third-order valence-corrected chi connectivity index (χ3v) is 4.36. The lowest BCUT2D eigenvalue weighted by Crippen LogP contribution is -2.38. The number of benzene rings is 1. The molecule has 2 rings (SSSR count). The van der Waals surface area contributed by atoms with Crippen molar-refractivity contribution >= 4 is 29.0 Å². The van der Waals surface area contributed by atoms with Gasteiger partial charge in [-0.25, -0.2) is 9.78 Å². The highest BCUT2D eigenvalue weighted by atomic mass is 32.1. The molecular formula is C18H24N4O3S. The highest BCUT2D eigenvalue weighted by molar-refractivity contribution is 7.09. The summed E-state index contributed by atoms with van der Waals surface area (Å²) < 4.78 is 5.56. The van der Waals surface area contributed by atoms with Gasteiger partial charge in [0.15, 0.2) is 0 Å². The zero-order chi connectivity index (χ0) is 18.8. The number of ether oxygens (including phenoxy) is 1. The molecule has 8 heteroatoms. The number of carbonyl (C=O) groups excluding carboxylic acids is 2. The Kier molecular flexibility index (Phi) is 7.88. The molecule has 0 atom stereocenters. The summed E-state index contributed by atoms with van der Waals surface area (Å²) in [6.07, 6.45) is 1.72. The van der Waals surface area contributed by atoms with Crippen molar-refractivity contribution in [2.45, 2.75) is 26.7 Å². The van der Waals surface area contributed by atoms with E-state index in [1.807, 2.05) is 12.3 Å². The first-order chi connectivity index (χ1) is 12.5. The summed E-state index contributed by atoms with van der Waals surface area (Å²) in [5, 5.41) is 11.4. The third-order valence-electron chi connectivity index (χ3n) is 3.33.